The first-order valence-corrected chi connectivity index (χ1v) is 10.6. The van der Waals surface area contributed by atoms with Crippen molar-refractivity contribution in [3.05, 3.63) is 37.1 Å². The molecule has 2 aliphatic rings. The summed E-state index contributed by atoms with van der Waals surface area (Å²) in [6, 6.07) is 5.62. The maximum absolute atomic E-state index is 12.4. The van der Waals surface area contributed by atoms with Crippen molar-refractivity contribution in [2.45, 2.75) is 18.9 Å². The Morgan fingerprint density at radius 1 is 1.28 bits per heavy atom. The van der Waals surface area contributed by atoms with Gasteiger partial charge in [-0.05, 0) is 24.3 Å². The van der Waals surface area contributed by atoms with Crippen LogP contribution in [-0.4, -0.2) is 83.0 Å². The first-order chi connectivity index (χ1) is 15.5. The van der Waals surface area contributed by atoms with Gasteiger partial charge in [0.25, 0.3) is 5.91 Å². The van der Waals surface area contributed by atoms with Gasteiger partial charge in [-0.3, -0.25) is 19.3 Å². The molecule has 0 bridgehead atoms. The second-order valence-corrected chi connectivity index (χ2v) is 7.65. The molecule has 2 aromatic rings. The van der Waals surface area contributed by atoms with Gasteiger partial charge in [0.1, 0.15) is 6.61 Å². The van der Waals surface area contributed by atoms with Crippen LogP contribution in [-0.2, 0) is 19.1 Å². The molecule has 1 N–H and O–H groups in total. The Balaban J connectivity index is 1.23. The molecule has 0 spiro atoms. The molecular weight excluding hydrogens is 414 g/mol. The summed E-state index contributed by atoms with van der Waals surface area (Å²) in [6.07, 6.45) is 3.04. The fourth-order valence-corrected chi connectivity index (χ4v) is 3.72. The Morgan fingerprint density at radius 3 is 2.81 bits per heavy atom. The predicted molar refractivity (Wildman–Crippen MR) is 116 cm³/mol. The molecule has 2 aliphatic heterocycles. The lowest BCUT2D eigenvalue weighted by atomic mass is 10.2. The summed E-state index contributed by atoms with van der Waals surface area (Å²) < 4.78 is 10.8. The number of nitrogens with one attached hydrogen (secondary N) is 1. The number of aromatic nitrogens is 2. The van der Waals surface area contributed by atoms with Crippen LogP contribution in [0.25, 0.3) is 10.9 Å². The number of fused-ring (bicyclic) bond motifs is 1. The largest absolute Gasteiger partial charge is 0.462 e. The van der Waals surface area contributed by atoms with Gasteiger partial charge in [-0.1, -0.05) is 6.58 Å². The number of piperazine rings is 1. The van der Waals surface area contributed by atoms with Gasteiger partial charge in [0, 0.05) is 62.8 Å². The van der Waals surface area contributed by atoms with Crippen LogP contribution >= 0.6 is 0 Å². The summed E-state index contributed by atoms with van der Waals surface area (Å²) >= 11 is 0. The summed E-state index contributed by atoms with van der Waals surface area (Å²) in [4.78, 5) is 47.7. The number of ether oxygens (including phenoxy) is 2. The van der Waals surface area contributed by atoms with E-state index in [2.05, 4.69) is 26.8 Å². The molecule has 2 fully saturated rings. The first kappa shape index (κ1) is 21.7. The van der Waals surface area contributed by atoms with Gasteiger partial charge < -0.3 is 19.7 Å². The fourth-order valence-electron chi connectivity index (χ4n) is 3.72. The molecule has 3 heterocycles. The van der Waals surface area contributed by atoms with Crippen molar-refractivity contribution in [1.82, 2.24) is 19.8 Å². The first-order valence-electron chi connectivity index (χ1n) is 10.6. The third kappa shape index (κ3) is 5.20. The summed E-state index contributed by atoms with van der Waals surface area (Å²) in [6.45, 7) is 7.21. The highest BCUT2D eigenvalue weighted by molar-refractivity contribution is 6.00. The van der Waals surface area contributed by atoms with Crippen LogP contribution in [0.4, 0.5) is 5.69 Å². The van der Waals surface area contributed by atoms with Crippen molar-refractivity contribution in [3.63, 3.8) is 0 Å². The van der Waals surface area contributed by atoms with Crippen molar-refractivity contribution >= 4 is 34.4 Å². The normalized spacial score (nSPS) is 18.9. The van der Waals surface area contributed by atoms with E-state index in [0.717, 1.165) is 18.5 Å². The van der Waals surface area contributed by atoms with E-state index < -0.39 is 6.10 Å². The van der Waals surface area contributed by atoms with Crippen LogP contribution in [0.5, 0.6) is 6.01 Å². The molecule has 32 heavy (non-hydrogen) atoms. The molecule has 1 aromatic carbocycles. The third-order valence-electron chi connectivity index (χ3n) is 5.49. The standard InChI is InChI=1S/C22H25N5O5/c1-2-19(28)24-16-3-4-17-15(13-16)14-23-22(25-17)31-12-11-26-7-9-27(10-8-26)21(30)18-5-6-20(29)32-18/h2-4,13-14,18H,1,5-12H2,(H,24,28). The van der Waals surface area contributed by atoms with E-state index in [0.29, 0.717) is 50.3 Å². The van der Waals surface area contributed by atoms with Gasteiger partial charge in [0.2, 0.25) is 5.91 Å². The zero-order chi connectivity index (χ0) is 22.5. The Morgan fingerprint density at radius 2 is 2.09 bits per heavy atom. The van der Waals surface area contributed by atoms with Crippen molar-refractivity contribution in [2.24, 2.45) is 0 Å². The zero-order valence-corrected chi connectivity index (χ0v) is 17.7. The monoisotopic (exact) mass is 439 g/mol. The predicted octanol–water partition coefficient (Wildman–Crippen LogP) is 0.983. The van der Waals surface area contributed by atoms with Crippen molar-refractivity contribution in [3.8, 4) is 6.01 Å². The zero-order valence-electron chi connectivity index (χ0n) is 17.7. The van der Waals surface area contributed by atoms with E-state index in [4.69, 9.17) is 9.47 Å². The Bertz CT molecular complexity index is 1030. The second-order valence-electron chi connectivity index (χ2n) is 7.65. The average Bonchev–Trinajstić information content (AvgIpc) is 3.25. The SMILES string of the molecule is C=CC(=O)Nc1ccc2nc(OCCN3CCN(C(=O)C4CCC(=O)O4)CC3)ncc2c1. The lowest BCUT2D eigenvalue weighted by Gasteiger charge is -2.35. The molecular formula is C22H25N5O5. The van der Waals surface area contributed by atoms with E-state index >= 15 is 0 Å². The lowest BCUT2D eigenvalue weighted by Crippen LogP contribution is -2.52. The van der Waals surface area contributed by atoms with E-state index in [1.165, 1.54) is 6.08 Å². The number of hydrogen-bond donors (Lipinski definition) is 1. The minimum Gasteiger partial charge on any atom is -0.462 e. The van der Waals surface area contributed by atoms with Crippen molar-refractivity contribution in [1.29, 1.82) is 0 Å². The highest BCUT2D eigenvalue weighted by Crippen LogP contribution is 2.19. The van der Waals surface area contributed by atoms with Gasteiger partial charge in [0.15, 0.2) is 6.10 Å². The highest BCUT2D eigenvalue weighted by Gasteiger charge is 2.34. The number of esters is 1. The van der Waals surface area contributed by atoms with Crippen molar-refractivity contribution in [2.75, 3.05) is 44.6 Å². The molecule has 2 amide bonds. The topological polar surface area (TPSA) is 114 Å². The van der Waals surface area contributed by atoms with Crippen LogP contribution < -0.4 is 10.1 Å². The van der Waals surface area contributed by atoms with E-state index in [1.54, 1.807) is 29.3 Å². The van der Waals surface area contributed by atoms with Gasteiger partial charge >= 0.3 is 12.0 Å². The molecule has 168 valence electrons. The molecule has 0 saturated carbocycles. The van der Waals surface area contributed by atoms with Gasteiger partial charge in [-0.15, -0.1) is 0 Å². The molecule has 1 unspecified atom stereocenters. The van der Waals surface area contributed by atoms with Crippen LogP contribution in [0, 0.1) is 0 Å². The highest BCUT2D eigenvalue weighted by atomic mass is 16.6. The molecule has 0 aliphatic carbocycles. The molecule has 4 rings (SSSR count). The lowest BCUT2D eigenvalue weighted by molar-refractivity contribution is -0.153. The summed E-state index contributed by atoms with van der Waals surface area (Å²) in [5.41, 5.74) is 1.36. The number of hydrogen-bond acceptors (Lipinski definition) is 8. The van der Waals surface area contributed by atoms with Gasteiger partial charge in [-0.25, -0.2) is 4.98 Å². The second kappa shape index (κ2) is 9.73. The number of nitrogens with zero attached hydrogens (tertiary/aromatic N) is 4. The summed E-state index contributed by atoms with van der Waals surface area (Å²) in [7, 11) is 0. The molecule has 1 aromatic heterocycles. The van der Waals surface area contributed by atoms with Crippen LogP contribution in [0.3, 0.4) is 0 Å². The number of benzene rings is 1. The minimum absolute atomic E-state index is 0.0940. The summed E-state index contributed by atoms with van der Waals surface area (Å²) in [5, 5.41) is 3.49. The molecule has 2 saturated heterocycles. The molecule has 1 atom stereocenters. The maximum Gasteiger partial charge on any atom is 0.316 e. The molecule has 0 radical (unpaired) electrons. The Kier molecular flexibility index (Phi) is 6.60. The minimum atomic E-state index is -0.614. The maximum atomic E-state index is 12.4. The van der Waals surface area contributed by atoms with Crippen LogP contribution in [0.1, 0.15) is 12.8 Å². The number of rotatable bonds is 7. The van der Waals surface area contributed by atoms with Gasteiger partial charge in [0.05, 0.1) is 5.52 Å². The molecule has 10 heteroatoms. The average molecular weight is 439 g/mol. The number of carbonyl (C=O) groups excluding carboxylic acids is 3. The number of carbonyl (C=O) groups is 3. The number of cyclic esters (lactones) is 1. The van der Waals surface area contributed by atoms with E-state index in [1.807, 2.05) is 0 Å². The van der Waals surface area contributed by atoms with Gasteiger partial charge in [-0.2, -0.15) is 4.98 Å². The quantitative estimate of drug-likeness (QED) is 0.502. The summed E-state index contributed by atoms with van der Waals surface area (Å²) in [5.74, 6) is -0.670. The van der Waals surface area contributed by atoms with Crippen molar-refractivity contribution < 1.29 is 23.9 Å². The molecule has 10 nitrogen and oxygen atoms in total. The van der Waals surface area contributed by atoms with Crippen LogP contribution in [0.2, 0.25) is 0 Å². The Labute approximate surface area is 185 Å². The third-order valence-corrected chi connectivity index (χ3v) is 5.49. The number of anilines is 1. The smallest absolute Gasteiger partial charge is 0.316 e. The van der Waals surface area contributed by atoms with E-state index in [-0.39, 0.29) is 23.8 Å². The van der Waals surface area contributed by atoms with Crippen LogP contribution in [0.15, 0.2) is 37.1 Å². The number of amides is 2. The Hall–Kier alpha value is -3.53. The fraction of sp³-hybridized carbons (Fsp3) is 0.409. The van der Waals surface area contributed by atoms with E-state index in [9.17, 15) is 14.4 Å².